The molecule has 0 saturated carbocycles. The average molecular weight is 221 g/mol. The van der Waals surface area contributed by atoms with Crippen LogP contribution in [0.5, 0.6) is 0 Å². The van der Waals surface area contributed by atoms with Crippen molar-refractivity contribution in [2.24, 2.45) is 0 Å². The standard InChI is InChI=1S/C11H9ClN2O/c12-10-3-1-2-8(4-10)11(15)9-5-13-7-14-6-9/h1-7,11,15H. The highest BCUT2D eigenvalue weighted by molar-refractivity contribution is 6.30. The first-order valence-corrected chi connectivity index (χ1v) is 4.83. The summed E-state index contributed by atoms with van der Waals surface area (Å²) in [6.45, 7) is 0. The summed E-state index contributed by atoms with van der Waals surface area (Å²) in [7, 11) is 0. The van der Waals surface area contributed by atoms with Gasteiger partial charge in [-0.3, -0.25) is 0 Å². The van der Waals surface area contributed by atoms with Crippen LogP contribution in [0.3, 0.4) is 0 Å². The third-order valence-electron chi connectivity index (χ3n) is 2.06. The van der Waals surface area contributed by atoms with E-state index < -0.39 is 6.10 Å². The van der Waals surface area contributed by atoms with Crippen molar-refractivity contribution >= 4 is 11.6 Å². The monoisotopic (exact) mass is 220 g/mol. The van der Waals surface area contributed by atoms with E-state index in [9.17, 15) is 5.11 Å². The van der Waals surface area contributed by atoms with Crippen LogP contribution in [0.4, 0.5) is 0 Å². The van der Waals surface area contributed by atoms with E-state index in [0.717, 1.165) is 5.56 Å². The van der Waals surface area contributed by atoms with Crippen LogP contribution >= 0.6 is 11.6 Å². The van der Waals surface area contributed by atoms with Crippen LogP contribution in [0, 0.1) is 0 Å². The Morgan fingerprint density at radius 1 is 1.13 bits per heavy atom. The third kappa shape index (κ3) is 2.32. The molecule has 15 heavy (non-hydrogen) atoms. The lowest BCUT2D eigenvalue weighted by atomic mass is 10.0. The molecule has 3 nitrogen and oxygen atoms in total. The molecule has 1 unspecified atom stereocenters. The fraction of sp³-hybridized carbons (Fsp3) is 0.0909. The number of aliphatic hydroxyl groups is 1. The van der Waals surface area contributed by atoms with Gasteiger partial charge in [-0.25, -0.2) is 9.97 Å². The minimum absolute atomic E-state index is 0.600. The van der Waals surface area contributed by atoms with Crippen LogP contribution < -0.4 is 0 Å². The van der Waals surface area contributed by atoms with Gasteiger partial charge in [-0.1, -0.05) is 23.7 Å². The topological polar surface area (TPSA) is 46.0 Å². The van der Waals surface area contributed by atoms with Crippen LogP contribution in [-0.4, -0.2) is 15.1 Å². The predicted molar refractivity (Wildman–Crippen MR) is 57.5 cm³/mol. The van der Waals surface area contributed by atoms with Crippen molar-refractivity contribution in [3.05, 3.63) is 59.1 Å². The molecule has 1 aromatic carbocycles. The Labute approximate surface area is 92.4 Å². The van der Waals surface area contributed by atoms with Crippen LogP contribution in [0.15, 0.2) is 43.0 Å². The van der Waals surface area contributed by atoms with Gasteiger partial charge in [0.1, 0.15) is 12.4 Å². The maximum atomic E-state index is 9.98. The van der Waals surface area contributed by atoms with Crippen LogP contribution in [0.25, 0.3) is 0 Å². The average Bonchev–Trinajstić information content (AvgIpc) is 2.29. The smallest absolute Gasteiger partial charge is 0.115 e. The molecule has 0 aliphatic carbocycles. The molecule has 0 bridgehead atoms. The quantitative estimate of drug-likeness (QED) is 0.844. The molecule has 1 N–H and O–H groups in total. The van der Waals surface area contributed by atoms with E-state index >= 15 is 0 Å². The summed E-state index contributed by atoms with van der Waals surface area (Å²) in [5, 5.41) is 10.6. The lowest BCUT2D eigenvalue weighted by Crippen LogP contribution is -2.00. The van der Waals surface area contributed by atoms with Crippen molar-refractivity contribution in [1.82, 2.24) is 9.97 Å². The summed E-state index contributed by atoms with van der Waals surface area (Å²) in [4.78, 5) is 7.70. The Morgan fingerprint density at radius 3 is 2.53 bits per heavy atom. The molecule has 0 radical (unpaired) electrons. The van der Waals surface area contributed by atoms with Crippen molar-refractivity contribution in [2.45, 2.75) is 6.10 Å². The van der Waals surface area contributed by atoms with E-state index in [1.807, 2.05) is 6.07 Å². The number of aromatic nitrogens is 2. The number of halogens is 1. The molecule has 2 rings (SSSR count). The molecule has 1 heterocycles. The van der Waals surface area contributed by atoms with E-state index in [-0.39, 0.29) is 0 Å². The molecule has 1 aromatic heterocycles. The summed E-state index contributed by atoms with van der Waals surface area (Å²) in [5.74, 6) is 0. The van der Waals surface area contributed by atoms with Gasteiger partial charge in [0.25, 0.3) is 0 Å². The summed E-state index contributed by atoms with van der Waals surface area (Å²) in [5.41, 5.74) is 1.39. The van der Waals surface area contributed by atoms with E-state index in [0.29, 0.717) is 10.6 Å². The molecular formula is C11H9ClN2O. The summed E-state index contributed by atoms with van der Waals surface area (Å²) in [6, 6.07) is 7.09. The lowest BCUT2D eigenvalue weighted by Gasteiger charge is -2.10. The molecule has 0 aliphatic heterocycles. The van der Waals surface area contributed by atoms with Crippen LogP contribution in [0.2, 0.25) is 5.02 Å². The van der Waals surface area contributed by atoms with Gasteiger partial charge < -0.3 is 5.11 Å². The van der Waals surface area contributed by atoms with Gasteiger partial charge in [-0.2, -0.15) is 0 Å². The fourth-order valence-electron chi connectivity index (χ4n) is 1.32. The number of hydrogen-bond donors (Lipinski definition) is 1. The summed E-state index contributed by atoms with van der Waals surface area (Å²) >= 11 is 5.83. The molecule has 2 aromatic rings. The lowest BCUT2D eigenvalue weighted by molar-refractivity contribution is 0.219. The number of hydrogen-bond acceptors (Lipinski definition) is 3. The zero-order valence-electron chi connectivity index (χ0n) is 7.84. The van der Waals surface area contributed by atoms with Crippen LogP contribution in [0.1, 0.15) is 17.2 Å². The first kappa shape index (κ1) is 10.1. The maximum absolute atomic E-state index is 9.98. The Morgan fingerprint density at radius 2 is 1.87 bits per heavy atom. The van der Waals surface area contributed by atoms with Gasteiger partial charge in [-0.15, -0.1) is 0 Å². The highest BCUT2D eigenvalue weighted by Gasteiger charge is 2.10. The molecule has 1 atom stereocenters. The molecule has 4 heteroatoms. The van der Waals surface area contributed by atoms with Gasteiger partial charge >= 0.3 is 0 Å². The first-order chi connectivity index (χ1) is 7.27. The number of rotatable bonds is 2. The molecular weight excluding hydrogens is 212 g/mol. The Balaban J connectivity index is 2.32. The van der Waals surface area contributed by atoms with E-state index in [2.05, 4.69) is 9.97 Å². The second-order valence-electron chi connectivity index (χ2n) is 3.13. The summed E-state index contributed by atoms with van der Waals surface area (Å²) < 4.78 is 0. The predicted octanol–water partition coefficient (Wildman–Crippen LogP) is 2.21. The van der Waals surface area contributed by atoms with E-state index in [1.165, 1.54) is 6.33 Å². The van der Waals surface area contributed by atoms with Gasteiger partial charge in [0.05, 0.1) is 0 Å². The second kappa shape index (κ2) is 4.38. The molecule has 0 aliphatic rings. The van der Waals surface area contributed by atoms with Gasteiger partial charge in [0.2, 0.25) is 0 Å². The van der Waals surface area contributed by atoms with E-state index in [1.54, 1.807) is 30.6 Å². The maximum Gasteiger partial charge on any atom is 0.115 e. The number of nitrogens with zero attached hydrogens (tertiary/aromatic N) is 2. The van der Waals surface area contributed by atoms with Gasteiger partial charge in [0.15, 0.2) is 0 Å². The van der Waals surface area contributed by atoms with E-state index in [4.69, 9.17) is 11.6 Å². The first-order valence-electron chi connectivity index (χ1n) is 4.46. The number of benzene rings is 1. The minimum Gasteiger partial charge on any atom is -0.384 e. The normalized spacial score (nSPS) is 12.4. The van der Waals surface area contributed by atoms with Crippen LogP contribution in [-0.2, 0) is 0 Å². The minimum atomic E-state index is -0.732. The molecule has 76 valence electrons. The second-order valence-corrected chi connectivity index (χ2v) is 3.57. The SMILES string of the molecule is OC(c1cncnc1)c1cccc(Cl)c1. The Kier molecular flexibility index (Phi) is 2.94. The van der Waals surface area contributed by atoms with Crippen molar-refractivity contribution in [3.63, 3.8) is 0 Å². The third-order valence-corrected chi connectivity index (χ3v) is 2.30. The molecule has 0 amide bonds. The van der Waals surface area contributed by atoms with Gasteiger partial charge in [-0.05, 0) is 17.7 Å². The molecule has 0 fully saturated rings. The highest BCUT2D eigenvalue weighted by atomic mass is 35.5. The van der Waals surface area contributed by atoms with Crippen molar-refractivity contribution in [3.8, 4) is 0 Å². The largest absolute Gasteiger partial charge is 0.384 e. The number of aliphatic hydroxyl groups excluding tert-OH is 1. The van der Waals surface area contributed by atoms with Gasteiger partial charge in [0, 0.05) is 23.0 Å². The molecule has 0 saturated heterocycles. The highest BCUT2D eigenvalue weighted by Crippen LogP contribution is 2.22. The zero-order valence-corrected chi connectivity index (χ0v) is 8.59. The Bertz CT molecular complexity index is 447. The Hall–Kier alpha value is -1.45. The summed E-state index contributed by atoms with van der Waals surface area (Å²) in [6.07, 6.45) is 3.86. The van der Waals surface area contributed by atoms with Crippen molar-refractivity contribution in [1.29, 1.82) is 0 Å². The fourth-order valence-corrected chi connectivity index (χ4v) is 1.52. The van der Waals surface area contributed by atoms with Crippen molar-refractivity contribution in [2.75, 3.05) is 0 Å². The molecule has 0 spiro atoms. The van der Waals surface area contributed by atoms with Crippen molar-refractivity contribution < 1.29 is 5.11 Å². The zero-order chi connectivity index (χ0) is 10.7.